The Kier molecular flexibility index (Phi) is 3.24. The highest BCUT2D eigenvalue weighted by Crippen LogP contribution is 2.19. The average Bonchev–Trinajstić information content (AvgIpc) is 2.16. The molecule has 0 bridgehead atoms. The van der Waals surface area contributed by atoms with Crippen molar-refractivity contribution in [2.24, 2.45) is 5.73 Å². The molecule has 3 N–H and O–H groups in total. The van der Waals surface area contributed by atoms with Crippen molar-refractivity contribution >= 4 is 27.7 Å². The summed E-state index contributed by atoms with van der Waals surface area (Å²) in [7, 11) is 1.31. The number of benzene rings is 1. The molecule has 0 saturated carbocycles. The van der Waals surface area contributed by atoms with E-state index >= 15 is 0 Å². The van der Waals surface area contributed by atoms with Crippen molar-refractivity contribution < 1.29 is 9.53 Å². The third-order valence-corrected chi connectivity index (χ3v) is 2.34. The topological polar surface area (TPSA) is 76.2 Å². The van der Waals surface area contributed by atoms with Crippen molar-refractivity contribution in [3.8, 4) is 0 Å². The Morgan fingerprint density at radius 3 is 2.64 bits per heavy atom. The summed E-state index contributed by atoms with van der Waals surface area (Å²) in [6.45, 7) is 0. The fraction of sp³-hybridized carbons (Fsp3) is 0.111. The molecule has 0 saturated heterocycles. The summed E-state index contributed by atoms with van der Waals surface area (Å²) in [6.07, 6.45) is 0. The van der Waals surface area contributed by atoms with Crippen molar-refractivity contribution in [3.05, 3.63) is 33.8 Å². The summed E-state index contributed by atoms with van der Waals surface area (Å²) < 4.78 is 5.13. The predicted octanol–water partition coefficient (Wildman–Crippen LogP) is 1.52. The number of nitrogens with two attached hydrogens (primary N) is 1. The lowest BCUT2D eigenvalue weighted by Gasteiger charge is -2.04. The van der Waals surface area contributed by atoms with Crippen LogP contribution < -0.4 is 5.73 Å². The summed E-state index contributed by atoms with van der Waals surface area (Å²) >= 11 is 3.20. The molecule has 0 spiro atoms. The van der Waals surface area contributed by atoms with Crippen LogP contribution in [0, 0.1) is 5.41 Å². The second-order valence-corrected chi connectivity index (χ2v) is 3.45. The van der Waals surface area contributed by atoms with Gasteiger partial charge in [0, 0.05) is 10.0 Å². The first kappa shape index (κ1) is 10.7. The maximum atomic E-state index is 11.2. The number of esters is 1. The number of methoxy groups -OCH3 is 1. The molecule has 1 aromatic rings. The maximum absolute atomic E-state index is 11.2. The SMILES string of the molecule is COC(=O)c1ccc(C(=N)N)cc1Br. The Morgan fingerprint density at radius 1 is 1.57 bits per heavy atom. The molecule has 0 aliphatic heterocycles. The van der Waals surface area contributed by atoms with Gasteiger partial charge in [0.25, 0.3) is 0 Å². The Hall–Kier alpha value is -1.36. The number of nitrogen functional groups attached to an aromatic ring is 1. The van der Waals surface area contributed by atoms with Gasteiger partial charge in [-0.15, -0.1) is 0 Å². The lowest BCUT2D eigenvalue weighted by molar-refractivity contribution is 0.0599. The molecule has 0 radical (unpaired) electrons. The average molecular weight is 257 g/mol. The van der Waals surface area contributed by atoms with Crippen LogP contribution in [0.3, 0.4) is 0 Å². The number of amidine groups is 1. The van der Waals surface area contributed by atoms with Crippen LogP contribution in [0.15, 0.2) is 22.7 Å². The van der Waals surface area contributed by atoms with Gasteiger partial charge in [0.05, 0.1) is 12.7 Å². The Balaban J connectivity index is 3.14. The van der Waals surface area contributed by atoms with Gasteiger partial charge in [-0.05, 0) is 28.1 Å². The monoisotopic (exact) mass is 256 g/mol. The molecule has 5 heteroatoms. The Bertz CT molecular complexity index is 390. The standard InChI is InChI=1S/C9H9BrN2O2/c1-14-9(13)6-3-2-5(8(11)12)4-7(6)10/h2-4H,1H3,(H3,11,12). The van der Waals surface area contributed by atoms with Crippen molar-refractivity contribution in [3.63, 3.8) is 0 Å². The number of ether oxygens (including phenoxy) is 1. The van der Waals surface area contributed by atoms with E-state index < -0.39 is 5.97 Å². The van der Waals surface area contributed by atoms with E-state index in [1.165, 1.54) is 7.11 Å². The summed E-state index contributed by atoms with van der Waals surface area (Å²) in [6, 6.07) is 4.76. The van der Waals surface area contributed by atoms with E-state index in [4.69, 9.17) is 11.1 Å². The summed E-state index contributed by atoms with van der Waals surface area (Å²) in [5.41, 5.74) is 6.26. The van der Waals surface area contributed by atoms with E-state index in [1.54, 1.807) is 18.2 Å². The van der Waals surface area contributed by atoms with Gasteiger partial charge < -0.3 is 10.5 Å². The number of carbonyl (C=O) groups is 1. The van der Waals surface area contributed by atoms with Gasteiger partial charge in [0.15, 0.2) is 0 Å². The molecule has 0 aliphatic rings. The van der Waals surface area contributed by atoms with Crippen LogP contribution in [0.4, 0.5) is 0 Å². The first-order valence-electron chi connectivity index (χ1n) is 3.78. The van der Waals surface area contributed by atoms with E-state index in [9.17, 15) is 4.79 Å². The van der Waals surface area contributed by atoms with Gasteiger partial charge in [-0.1, -0.05) is 6.07 Å². The molecule has 1 rings (SSSR count). The minimum absolute atomic E-state index is 0.0397. The van der Waals surface area contributed by atoms with E-state index in [1.807, 2.05) is 0 Å². The molecule has 0 heterocycles. The molecule has 0 aliphatic carbocycles. The van der Waals surface area contributed by atoms with Crippen molar-refractivity contribution in [1.82, 2.24) is 0 Å². The van der Waals surface area contributed by atoms with Gasteiger partial charge in [0.2, 0.25) is 0 Å². The zero-order valence-corrected chi connectivity index (χ0v) is 9.09. The van der Waals surface area contributed by atoms with Crippen LogP contribution in [0.5, 0.6) is 0 Å². The van der Waals surface area contributed by atoms with Gasteiger partial charge in [-0.25, -0.2) is 4.79 Å². The highest BCUT2D eigenvalue weighted by atomic mass is 79.9. The summed E-state index contributed by atoms with van der Waals surface area (Å²) in [5.74, 6) is -0.464. The molecule has 0 aromatic heterocycles. The van der Waals surface area contributed by atoms with E-state index in [0.717, 1.165) is 0 Å². The number of hydrogen-bond acceptors (Lipinski definition) is 3. The zero-order valence-electron chi connectivity index (χ0n) is 7.50. The van der Waals surface area contributed by atoms with Crippen molar-refractivity contribution in [2.75, 3.05) is 7.11 Å². The highest BCUT2D eigenvalue weighted by Gasteiger charge is 2.10. The second kappa shape index (κ2) is 4.23. The molecule has 0 atom stereocenters. The van der Waals surface area contributed by atoms with Crippen LogP contribution in [-0.2, 0) is 4.74 Å². The summed E-state index contributed by atoms with van der Waals surface area (Å²) in [5, 5.41) is 7.20. The number of halogens is 1. The van der Waals surface area contributed by atoms with E-state index in [-0.39, 0.29) is 5.84 Å². The van der Waals surface area contributed by atoms with Gasteiger partial charge in [-0.2, -0.15) is 0 Å². The lowest BCUT2D eigenvalue weighted by Crippen LogP contribution is -2.12. The molecule has 0 fully saturated rings. The van der Waals surface area contributed by atoms with Crippen LogP contribution in [0.2, 0.25) is 0 Å². The van der Waals surface area contributed by atoms with E-state index in [2.05, 4.69) is 20.7 Å². The quantitative estimate of drug-likeness (QED) is 0.479. The van der Waals surface area contributed by atoms with Crippen molar-refractivity contribution in [2.45, 2.75) is 0 Å². The largest absolute Gasteiger partial charge is 0.465 e. The highest BCUT2D eigenvalue weighted by molar-refractivity contribution is 9.10. The minimum Gasteiger partial charge on any atom is -0.465 e. The Labute approximate surface area is 89.7 Å². The molecular weight excluding hydrogens is 248 g/mol. The number of hydrogen-bond donors (Lipinski definition) is 2. The molecular formula is C9H9BrN2O2. The van der Waals surface area contributed by atoms with Crippen LogP contribution in [-0.4, -0.2) is 18.9 Å². The lowest BCUT2D eigenvalue weighted by atomic mass is 10.1. The first-order valence-corrected chi connectivity index (χ1v) is 4.58. The summed E-state index contributed by atoms with van der Waals surface area (Å²) in [4.78, 5) is 11.2. The van der Waals surface area contributed by atoms with Gasteiger partial charge >= 0.3 is 5.97 Å². The molecule has 1 aromatic carbocycles. The zero-order chi connectivity index (χ0) is 10.7. The Morgan fingerprint density at radius 2 is 2.21 bits per heavy atom. The third-order valence-electron chi connectivity index (χ3n) is 1.69. The predicted molar refractivity (Wildman–Crippen MR) is 56.5 cm³/mol. The smallest absolute Gasteiger partial charge is 0.339 e. The van der Waals surface area contributed by atoms with Gasteiger partial charge in [0.1, 0.15) is 5.84 Å². The van der Waals surface area contributed by atoms with Gasteiger partial charge in [-0.3, -0.25) is 5.41 Å². The fourth-order valence-corrected chi connectivity index (χ4v) is 1.50. The maximum Gasteiger partial charge on any atom is 0.339 e. The number of carbonyl (C=O) groups excluding carboxylic acids is 1. The number of rotatable bonds is 2. The molecule has 74 valence electrons. The van der Waals surface area contributed by atoms with Crippen molar-refractivity contribution in [1.29, 1.82) is 5.41 Å². The van der Waals surface area contributed by atoms with Crippen LogP contribution in [0.1, 0.15) is 15.9 Å². The molecule has 0 amide bonds. The third kappa shape index (κ3) is 2.11. The molecule has 14 heavy (non-hydrogen) atoms. The minimum atomic E-state index is -0.424. The number of nitrogens with one attached hydrogen (secondary N) is 1. The molecule has 0 unspecified atom stereocenters. The van der Waals surface area contributed by atoms with Crippen LogP contribution >= 0.6 is 15.9 Å². The van der Waals surface area contributed by atoms with E-state index in [0.29, 0.717) is 15.6 Å². The normalized spacial score (nSPS) is 9.57. The molecule has 4 nitrogen and oxygen atoms in total. The first-order chi connectivity index (χ1) is 6.56. The second-order valence-electron chi connectivity index (χ2n) is 2.60. The van der Waals surface area contributed by atoms with Crippen LogP contribution in [0.25, 0.3) is 0 Å². The fourth-order valence-electron chi connectivity index (χ4n) is 0.958.